The molecule has 1 amide bonds. The summed E-state index contributed by atoms with van der Waals surface area (Å²) in [6, 6.07) is 8.99. The molecule has 0 aliphatic carbocycles. The van der Waals surface area contributed by atoms with Crippen LogP contribution in [0.5, 0.6) is 0 Å². The fraction of sp³-hybridized carbons (Fsp3) is 0.0769. The quantitative estimate of drug-likeness (QED) is 0.805. The zero-order valence-corrected chi connectivity index (χ0v) is 9.38. The zero-order chi connectivity index (χ0) is 12.5. The Morgan fingerprint density at radius 1 is 1.17 bits per heavy atom. The molecule has 1 aromatic heterocycles. The molecule has 5 nitrogen and oxygen atoms in total. The van der Waals surface area contributed by atoms with Crippen LogP contribution in [0, 0.1) is 0 Å². The van der Waals surface area contributed by atoms with Crippen LogP contribution in [0.4, 0.5) is 5.69 Å². The highest BCUT2D eigenvalue weighted by molar-refractivity contribution is 5.99. The summed E-state index contributed by atoms with van der Waals surface area (Å²) in [5, 5.41) is 10.5. The van der Waals surface area contributed by atoms with E-state index < -0.39 is 0 Å². The first-order valence-electron chi connectivity index (χ1n) is 5.48. The first-order valence-corrected chi connectivity index (χ1v) is 5.48. The normalized spacial score (nSPS) is 13.0. The van der Waals surface area contributed by atoms with E-state index in [0.717, 1.165) is 16.8 Å². The van der Waals surface area contributed by atoms with Gasteiger partial charge in [0.1, 0.15) is 5.69 Å². The first kappa shape index (κ1) is 10.6. The monoisotopic (exact) mass is 239 g/mol. The van der Waals surface area contributed by atoms with Crippen molar-refractivity contribution >= 4 is 17.9 Å². The molecule has 0 bridgehead atoms. The van der Waals surface area contributed by atoms with E-state index in [1.165, 1.54) is 0 Å². The van der Waals surface area contributed by atoms with Crippen molar-refractivity contribution in [2.45, 2.75) is 6.42 Å². The summed E-state index contributed by atoms with van der Waals surface area (Å²) < 4.78 is 0. The molecule has 0 saturated carbocycles. The number of benzene rings is 1. The van der Waals surface area contributed by atoms with E-state index in [9.17, 15) is 9.59 Å². The number of rotatable bonds is 2. The van der Waals surface area contributed by atoms with E-state index in [2.05, 4.69) is 15.5 Å². The van der Waals surface area contributed by atoms with Gasteiger partial charge in [-0.15, -0.1) is 10.2 Å². The number of aldehydes is 1. The molecule has 88 valence electrons. The van der Waals surface area contributed by atoms with E-state index >= 15 is 0 Å². The largest absolute Gasteiger partial charge is 0.326 e. The van der Waals surface area contributed by atoms with Gasteiger partial charge in [0.05, 0.1) is 12.1 Å². The van der Waals surface area contributed by atoms with Gasteiger partial charge in [0, 0.05) is 11.3 Å². The number of hydrogen-bond acceptors (Lipinski definition) is 4. The van der Waals surface area contributed by atoms with Crippen LogP contribution in [-0.4, -0.2) is 22.4 Å². The van der Waals surface area contributed by atoms with Gasteiger partial charge in [-0.25, -0.2) is 0 Å². The Morgan fingerprint density at radius 3 is 2.78 bits per heavy atom. The van der Waals surface area contributed by atoms with Crippen LogP contribution in [0.3, 0.4) is 0 Å². The van der Waals surface area contributed by atoms with Crippen molar-refractivity contribution in [3.05, 3.63) is 41.6 Å². The highest BCUT2D eigenvalue weighted by Gasteiger charge is 2.17. The molecule has 0 unspecified atom stereocenters. The standard InChI is InChI=1S/C13H9N3O2/c17-7-10-2-4-12(16-15-10)8-1-3-11-9(5-8)6-13(18)14-11/h1-5,7H,6H2,(H,14,18). The topological polar surface area (TPSA) is 72.0 Å². The third-order valence-electron chi connectivity index (χ3n) is 2.83. The van der Waals surface area contributed by atoms with Gasteiger partial charge < -0.3 is 5.32 Å². The average molecular weight is 239 g/mol. The van der Waals surface area contributed by atoms with Gasteiger partial charge in [-0.2, -0.15) is 0 Å². The van der Waals surface area contributed by atoms with Crippen molar-refractivity contribution in [3.63, 3.8) is 0 Å². The third kappa shape index (κ3) is 1.75. The second-order valence-electron chi connectivity index (χ2n) is 4.06. The molecule has 1 aliphatic rings. The number of amides is 1. The van der Waals surface area contributed by atoms with Gasteiger partial charge in [0.15, 0.2) is 6.29 Å². The Hall–Kier alpha value is -2.56. The van der Waals surface area contributed by atoms with Gasteiger partial charge in [0.25, 0.3) is 0 Å². The SMILES string of the molecule is O=Cc1ccc(-c2ccc3c(c2)CC(=O)N3)nn1. The molecule has 0 atom stereocenters. The third-order valence-corrected chi connectivity index (χ3v) is 2.83. The highest BCUT2D eigenvalue weighted by Crippen LogP contribution is 2.27. The summed E-state index contributed by atoms with van der Waals surface area (Å²) in [5.41, 5.74) is 3.68. The first-order chi connectivity index (χ1) is 8.76. The van der Waals surface area contributed by atoms with E-state index in [1.807, 2.05) is 18.2 Å². The summed E-state index contributed by atoms with van der Waals surface area (Å²) in [5.74, 6) is 0.00420. The Kier molecular flexibility index (Phi) is 2.37. The molecule has 1 aliphatic heterocycles. The molecular weight excluding hydrogens is 230 g/mol. The van der Waals surface area contributed by atoms with Crippen LogP contribution in [0.15, 0.2) is 30.3 Å². The van der Waals surface area contributed by atoms with Crippen LogP contribution in [0.25, 0.3) is 11.3 Å². The van der Waals surface area contributed by atoms with Gasteiger partial charge >= 0.3 is 0 Å². The maximum Gasteiger partial charge on any atom is 0.228 e. The molecule has 2 heterocycles. The molecule has 3 rings (SSSR count). The lowest BCUT2D eigenvalue weighted by Gasteiger charge is -2.03. The van der Waals surface area contributed by atoms with E-state index in [-0.39, 0.29) is 5.91 Å². The summed E-state index contributed by atoms with van der Waals surface area (Å²) in [6.07, 6.45) is 1.05. The minimum Gasteiger partial charge on any atom is -0.326 e. The molecule has 1 aromatic carbocycles. The van der Waals surface area contributed by atoms with Crippen LogP contribution >= 0.6 is 0 Å². The molecule has 18 heavy (non-hydrogen) atoms. The molecule has 0 radical (unpaired) electrons. The highest BCUT2D eigenvalue weighted by atomic mass is 16.1. The number of carbonyl (C=O) groups excluding carboxylic acids is 2. The van der Waals surface area contributed by atoms with Crippen molar-refractivity contribution in [3.8, 4) is 11.3 Å². The van der Waals surface area contributed by atoms with E-state index in [0.29, 0.717) is 24.1 Å². The number of fused-ring (bicyclic) bond motifs is 1. The predicted octanol–water partition coefficient (Wildman–Crippen LogP) is 1.45. The van der Waals surface area contributed by atoms with Crippen LogP contribution in [0.1, 0.15) is 16.1 Å². The van der Waals surface area contributed by atoms with Crippen molar-refractivity contribution in [2.75, 3.05) is 5.32 Å². The smallest absolute Gasteiger partial charge is 0.228 e. The number of anilines is 1. The minimum atomic E-state index is 0.00420. The fourth-order valence-electron chi connectivity index (χ4n) is 1.95. The maximum atomic E-state index is 11.3. The van der Waals surface area contributed by atoms with E-state index in [4.69, 9.17) is 0 Å². The summed E-state index contributed by atoms with van der Waals surface area (Å²) >= 11 is 0. The molecule has 0 fully saturated rings. The second-order valence-corrected chi connectivity index (χ2v) is 4.06. The maximum absolute atomic E-state index is 11.3. The minimum absolute atomic E-state index is 0.00420. The Labute approximate surface area is 103 Å². The second kappa shape index (κ2) is 4.03. The van der Waals surface area contributed by atoms with Gasteiger partial charge in [-0.05, 0) is 29.8 Å². The van der Waals surface area contributed by atoms with Crippen molar-refractivity contribution in [1.82, 2.24) is 10.2 Å². The number of nitrogens with zero attached hydrogens (tertiary/aromatic N) is 2. The lowest BCUT2D eigenvalue weighted by atomic mass is 10.1. The lowest BCUT2D eigenvalue weighted by Crippen LogP contribution is -2.03. The Morgan fingerprint density at radius 2 is 2.06 bits per heavy atom. The zero-order valence-electron chi connectivity index (χ0n) is 9.38. The van der Waals surface area contributed by atoms with Crippen molar-refractivity contribution in [1.29, 1.82) is 0 Å². The fourth-order valence-corrected chi connectivity index (χ4v) is 1.95. The van der Waals surface area contributed by atoms with Crippen molar-refractivity contribution < 1.29 is 9.59 Å². The van der Waals surface area contributed by atoms with Gasteiger partial charge in [-0.3, -0.25) is 9.59 Å². The summed E-state index contributed by atoms with van der Waals surface area (Å²) in [4.78, 5) is 21.7. The van der Waals surface area contributed by atoms with Gasteiger partial charge in [-0.1, -0.05) is 6.07 Å². The van der Waals surface area contributed by atoms with Crippen LogP contribution in [-0.2, 0) is 11.2 Å². The van der Waals surface area contributed by atoms with E-state index in [1.54, 1.807) is 12.1 Å². The van der Waals surface area contributed by atoms with Crippen LogP contribution < -0.4 is 5.32 Å². The molecule has 1 N–H and O–H groups in total. The van der Waals surface area contributed by atoms with Gasteiger partial charge in [0.2, 0.25) is 5.91 Å². The summed E-state index contributed by atoms with van der Waals surface area (Å²) in [7, 11) is 0. The number of aromatic nitrogens is 2. The van der Waals surface area contributed by atoms with Crippen molar-refractivity contribution in [2.24, 2.45) is 0 Å². The molecule has 5 heteroatoms. The number of nitrogens with one attached hydrogen (secondary N) is 1. The Balaban J connectivity index is 1.99. The number of hydrogen-bond donors (Lipinski definition) is 1. The predicted molar refractivity (Wildman–Crippen MR) is 65.2 cm³/mol. The Bertz CT molecular complexity index is 635. The molecule has 0 saturated heterocycles. The molecule has 0 spiro atoms. The summed E-state index contributed by atoms with van der Waals surface area (Å²) in [6.45, 7) is 0. The number of carbonyl (C=O) groups is 2. The molecule has 2 aromatic rings. The van der Waals surface area contributed by atoms with Crippen LogP contribution in [0.2, 0.25) is 0 Å². The lowest BCUT2D eigenvalue weighted by molar-refractivity contribution is -0.115. The average Bonchev–Trinajstić information content (AvgIpc) is 2.78. The molecular formula is C13H9N3O2.